The van der Waals surface area contributed by atoms with Crippen molar-refractivity contribution in [2.45, 2.75) is 51.5 Å². The van der Waals surface area contributed by atoms with Crippen LogP contribution in [0.2, 0.25) is 0 Å². The minimum Gasteiger partial charge on any atom is -0.340 e. The average Bonchev–Trinajstić information content (AvgIpc) is 2.92. The van der Waals surface area contributed by atoms with E-state index in [-0.39, 0.29) is 5.91 Å². The lowest BCUT2D eigenvalue weighted by atomic mass is 10.1. The Morgan fingerprint density at radius 2 is 2.20 bits per heavy atom. The van der Waals surface area contributed by atoms with Crippen molar-refractivity contribution in [3.63, 3.8) is 0 Å². The smallest absolute Gasteiger partial charge is 0.222 e. The molecule has 0 aromatic rings. The number of nitrogens with zero attached hydrogens (tertiary/aromatic N) is 2. The Morgan fingerprint density at radius 1 is 1.45 bits per heavy atom. The normalized spacial score (nSPS) is 19.9. The van der Waals surface area contributed by atoms with Crippen molar-refractivity contribution < 1.29 is 13.8 Å². The summed E-state index contributed by atoms with van der Waals surface area (Å²) in [5.41, 5.74) is 0. The van der Waals surface area contributed by atoms with Crippen LogP contribution in [0, 0.1) is 11.3 Å². The van der Waals surface area contributed by atoms with E-state index < -0.39 is 8.38 Å². The highest BCUT2D eigenvalue weighted by molar-refractivity contribution is 7.46. The number of carbonyl (C=O) groups excluding carboxylic acids is 1. The summed E-state index contributed by atoms with van der Waals surface area (Å²) >= 11 is 0. The standard InChI is InChI=1S/C14H25N2O3P/c1-3-13-7-4-10-16(13)14(17)8-5-11-18-20(2)19-12-6-9-15/h13H,3-8,10-12H2,1-2H3. The molecule has 0 spiro atoms. The number of hydrogen-bond acceptors (Lipinski definition) is 4. The lowest BCUT2D eigenvalue weighted by Crippen LogP contribution is -2.35. The van der Waals surface area contributed by atoms with E-state index in [9.17, 15) is 4.79 Å². The zero-order valence-electron chi connectivity index (χ0n) is 12.5. The molecule has 20 heavy (non-hydrogen) atoms. The number of rotatable bonds is 9. The summed E-state index contributed by atoms with van der Waals surface area (Å²) in [6.07, 6.45) is 5.01. The van der Waals surface area contributed by atoms with Gasteiger partial charge in [-0.15, -0.1) is 0 Å². The molecule has 5 nitrogen and oxygen atoms in total. The highest BCUT2D eigenvalue weighted by Gasteiger charge is 2.26. The first-order valence-electron chi connectivity index (χ1n) is 7.35. The molecule has 1 rings (SSSR count). The van der Waals surface area contributed by atoms with E-state index in [0.29, 0.717) is 32.1 Å². The summed E-state index contributed by atoms with van der Waals surface area (Å²) in [7, 11) is -0.921. The van der Waals surface area contributed by atoms with Gasteiger partial charge in [0, 0.05) is 25.7 Å². The second-order valence-corrected chi connectivity index (χ2v) is 6.30. The van der Waals surface area contributed by atoms with Crippen LogP contribution < -0.4 is 0 Å². The first-order valence-corrected chi connectivity index (χ1v) is 8.97. The van der Waals surface area contributed by atoms with Crippen molar-refractivity contribution in [2.75, 3.05) is 26.4 Å². The monoisotopic (exact) mass is 300 g/mol. The Balaban J connectivity index is 2.08. The van der Waals surface area contributed by atoms with Gasteiger partial charge in [-0.25, -0.2) is 0 Å². The molecule has 1 aliphatic heterocycles. The van der Waals surface area contributed by atoms with Crippen LogP contribution in [0.5, 0.6) is 0 Å². The summed E-state index contributed by atoms with van der Waals surface area (Å²) in [6.45, 7) is 5.90. The molecule has 0 saturated carbocycles. The third-order valence-electron chi connectivity index (χ3n) is 3.46. The minimum atomic E-state index is -0.921. The highest BCUT2D eigenvalue weighted by atomic mass is 31.2. The van der Waals surface area contributed by atoms with Crippen LogP contribution in [0.15, 0.2) is 0 Å². The predicted molar refractivity (Wildman–Crippen MR) is 79.2 cm³/mol. The van der Waals surface area contributed by atoms with Gasteiger partial charge in [0.2, 0.25) is 5.91 Å². The third kappa shape index (κ3) is 6.17. The van der Waals surface area contributed by atoms with Gasteiger partial charge >= 0.3 is 0 Å². The second kappa shape index (κ2) is 10.1. The topological polar surface area (TPSA) is 62.6 Å². The van der Waals surface area contributed by atoms with E-state index in [1.54, 1.807) is 0 Å². The maximum absolute atomic E-state index is 12.1. The SMILES string of the molecule is CCC1CCCN1C(=O)CCCOP(C)OCCC#N. The van der Waals surface area contributed by atoms with Crippen molar-refractivity contribution in [3.8, 4) is 6.07 Å². The molecule has 1 saturated heterocycles. The van der Waals surface area contributed by atoms with E-state index in [1.165, 1.54) is 0 Å². The molecule has 0 aromatic heterocycles. The summed E-state index contributed by atoms with van der Waals surface area (Å²) in [4.78, 5) is 14.1. The largest absolute Gasteiger partial charge is 0.340 e. The molecule has 114 valence electrons. The van der Waals surface area contributed by atoms with Crippen LogP contribution in [0.1, 0.15) is 45.4 Å². The van der Waals surface area contributed by atoms with Crippen molar-refractivity contribution in [3.05, 3.63) is 0 Å². The molecule has 0 aliphatic carbocycles. The molecule has 0 aromatic carbocycles. The van der Waals surface area contributed by atoms with Gasteiger partial charge in [0.05, 0.1) is 25.7 Å². The van der Waals surface area contributed by atoms with Gasteiger partial charge in [0.25, 0.3) is 0 Å². The van der Waals surface area contributed by atoms with Crippen molar-refractivity contribution in [1.29, 1.82) is 5.26 Å². The zero-order valence-corrected chi connectivity index (χ0v) is 13.4. The maximum atomic E-state index is 12.1. The molecule has 0 bridgehead atoms. The molecule has 1 aliphatic rings. The molecular weight excluding hydrogens is 275 g/mol. The first-order chi connectivity index (χ1) is 9.69. The van der Waals surface area contributed by atoms with Gasteiger partial charge in [-0.3, -0.25) is 4.79 Å². The summed E-state index contributed by atoms with van der Waals surface area (Å²) in [5, 5.41) is 8.39. The van der Waals surface area contributed by atoms with E-state index in [0.717, 1.165) is 32.2 Å². The highest BCUT2D eigenvalue weighted by Crippen LogP contribution is 2.33. The van der Waals surface area contributed by atoms with Crippen LogP contribution in [-0.4, -0.2) is 43.3 Å². The summed E-state index contributed by atoms with van der Waals surface area (Å²) < 4.78 is 10.9. The summed E-state index contributed by atoms with van der Waals surface area (Å²) in [6, 6.07) is 2.47. The number of amides is 1. The average molecular weight is 300 g/mol. The van der Waals surface area contributed by atoms with E-state index >= 15 is 0 Å². The number of likely N-dealkylation sites (tertiary alicyclic amines) is 1. The van der Waals surface area contributed by atoms with Gasteiger partial charge in [-0.05, 0) is 25.7 Å². The van der Waals surface area contributed by atoms with Crippen LogP contribution >= 0.6 is 8.38 Å². The van der Waals surface area contributed by atoms with Gasteiger partial charge < -0.3 is 13.9 Å². The van der Waals surface area contributed by atoms with E-state index in [4.69, 9.17) is 14.3 Å². The fourth-order valence-corrected chi connectivity index (χ4v) is 3.21. The van der Waals surface area contributed by atoms with Gasteiger partial charge in [0.1, 0.15) is 0 Å². The second-order valence-electron chi connectivity index (χ2n) is 4.91. The lowest BCUT2D eigenvalue weighted by Gasteiger charge is -2.23. The van der Waals surface area contributed by atoms with Gasteiger partial charge in [-0.2, -0.15) is 5.26 Å². The minimum absolute atomic E-state index is 0.253. The van der Waals surface area contributed by atoms with Crippen LogP contribution in [0.3, 0.4) is 0 Å². The molecule has 6 heteroatoms. The Hall–Kier alpha value is -0.690. The van der Waals surface area contributed by atoms with Crippen molar-refractivity contribution in [1.82, 2.24) is 4.90 Å². The number of hydrogen-bond donors (Lipinski definition) is 0. The van der Waals surface area contributed by atoms with Crippen LogP contribution in [0.4, 0.5) is 0 Å². The molecular formula is C14H25N2O3P. The molecule has 0 N–H and O–H groups in total. The Kier molecular flexibility index (Phi) is 8.77. The number of nitriles is 1. The molecule has 1 amide bonds. The van der Waals surface area contributed by atoms with E-state index in [2.05, 4.69) is 6.92 Å². The molecule has 0 radical (unpaired) electrons. The van der Waals surface area contributed by atoms with Crippen LogP contribution in [-0.2, 0) is 13.8 Å². The maximum Gasteiger partial charge on any atom is 0.222 e. The Morgan fingerprint density at radius 3 is 2.90 bits per heavy atom. The first kappa shape index (κ1) is 17.4. The third-order valence-corrected chi connectivity index (χ3v) is 4.56. The van der Waals surface area contributed by atoms with Gasteiger partial charge in [-0.1, -0.05) is 6.92 Å². The fourth-order valence-electron chi connectivity index (χ4n) is 2.41. The Labute approximate surface area is 123 Å². The lowest BCUT2D eigenvalue weighted by molar-refractivity contribution is -0.132. The van der Waals surface area contributed by atoms with Crippen molar-refractivity contribution in [2.24, 2.45) is 0 Å². The van der Waals surface area contributed by atoms with E-state index in [1.807, 2.05) is 17.6 Å². The van der Waals surface area contributed by atoms with Gasteiger partial charge in [0.15, 0.2) is 8.38 Å². The van der Waals surface area contributed by atoms with Crippen LogP contribution in [0.25, 0.3) is 0 Å². The molecule has 1 fully saturated rings. The zero-order chi connectivity index (χ0) is 14.8. The fraction of sp³-hybridized carbons (Fsp3) is 0.857. The van der Waals surface area contributed by atoms with Crippen molar-refractivity contribution >= 4 is 14.3 Å². The molecule has 1 heterocycles. The predicted octanol–water partition coefficient (Wildman–Crippen LogP) is 3.06. The quantitative estimate of drug-likeness (QED) is 0.485. The number of carbonyl (C=O) groups is 1. The molecule has 2 atom stereocenters. The summed E-state index contributed by atoms with van der Waals surface area (Å²) in [5.74, 6) is 0.253. The molecule has 2 unspecified atom stereocenters. The Bertz CT molecular complexity index is 333.